The molecular weight excluding hydrogens is 429 g/mol. The summed E-state index contributed by atoms with van der Waals surface area (Å²) in [5, 5.41) is 12.9. The molecule has 10 nitrogen and oxygen atoms in total. The molecule has 1 N–H and O–H groups in total. The first-order chi connectivity index (χ1) is 16.1. The highest BCUT2D eigenvalue weighted by molar-refractivity contribution is 5.90. The van der Waals surface area contributed by atoms with E-state index in [2.05, 4.69) is 20.6 Å². The first-order valence-electron chi connectivity index (χ1n) is 10.5. The van der Waals surface area contributed by atoms with Gasteiger partial charge in [0.15, 0.2) is 5.82 Å². The molecule has 1 saturated heterocycles. The van der Waals surface area contributed by atoms with Gasteiger partial charge in [-0.15, -0.1) is 0 Å². The van der Waals surface area contributed by atoms with Crippen LogP contribution in [-0.2, 0) is 4.74 Å². The highest BCUT2D eigenvalue weighted by Gasteiger charge is 2.32. The number of hydrogen-bond donors (Lipinski definition) is 1. The molecule has 2 aliphatic heterocycles. The van der Waals surface area contributed by atoms with Crippen LogP contribution in [0.5, 0.6) is 0 Å². The van der Waals surface area contributed by atoms with Gasteiger partial charge in [0.05, 0.1) is 25.3 Å². The molecule has 5 rings (SSSR count). The Hall–Kier alpha value is -4.15. The predicted molar refractivity (Wildman–Crippen MR) is 121 cm³/mol. The number of nitrogens with one attached hydrogen (secondary N) is 1. The Bertz CT molecular complexity index is 1150. The second-order valence-corrected chi connectivity index (χ2v) is 7.79. The molecule has 0 saturated carbocycles. The third-order valence-electron chi connectivity index (χ3n) is 5.46. The van der Waals surface area contributed by atoms with Crippen LogP contribution < -0.4 is 15.2 Å². The van der Waals surface area contributed by atoms with Gasteiger partial charge in [0.1, 0.15) is 30.3 Å². The van der Waals surface area contributed by atoms with Crippen LogP contribution in [0.1, 0.15) is 0 Å². The van der Waals surface area contributed by atoms with Crippen LogP contribution >= 0.6 is 0 Å². The standard InChI is InChI=1S/C22H22FN7O3/c1-28-7-8-30(26-14-28)21-5-2-15(11-25-21)18-4-3-16(10-19(18)23)29-13-17(33-22(29)31)12-24-20-6-9-32-27-20/h2-6,9-11,14,17H,7-8,12-13H2,1H3,(H,24,27)/t17-/m0/s1. The number of carbonyl (C=O) groups is 1. The van der Waals surface area contributed by atoms with Crippen molar-refractivity contribution in [2.24, 2.45) is 5.10 Å². The number of hydrogen-bond acceptors (Lipinski definition) is 9. The Labute approximate surface area is 189 Å². The molecule has 0 unspecified atom stereocenters. The molecule has 1 atom stereocenters. The molecule has 1 fully saturated rings. The van der Waals surface area contributed by atoms with E-state index in [0.717, 1.165) is 13.1 Å². The summed E-state index contributed by atoms with van der Waals surface area (Å²) < 4.78 is 25.1. The average Bonchev–Trinajstić information content (AvgIpc) is 3.48. The highest BCUT2D eigenvalue weighted by atomic mass is 19.1. The summed E-state index contributed by atoms with van der Waals surface area (Å²) in [5.74, 6) is 0.806. The van der Waals surface area contributed by atoms with E-state index in [4.69, 9.17) is 9.26 Å². The number of anilines is 3. The lowest BCUT2D eigenvalue weighted by Crippen LogP contribution is -2.35. The molecule has 0 spiro atoms. The first-order valence-corrected chi connectivity index (χ1v) is 10.5. The van der Waals surface area contributed by atoms with Crippen molar-refractivity contribution >= 4 is 29.8 Å². The molecule has 4 heterocycles. The molecule has 0 aliphatic carbocycles. The van der Waals surface area contributed by atoms with E-state index in [1.165, 1.54) is 17.2 Å². The van der Waals surface area contributed by atoms with Crippen LogP contribution in [0.25, 0.3) is 11.1 Å². The second kappa shape index (κ2) is 8.77. The van der Waals surface area contributed by atoms with Crippen LogP contribution in [-0.4, -0.2) is 66.8 Å². The summed E-state index contributed by atoms with van der Waals surface area (Å²) in [4.78, 5) is 20.1. The van der Waals surface area contributed by atoms with E-state index in [-0.39, 0.29) is 0 Å². The largest absolute Gasteiger partial charge is 0.442 e. The zero-order valence-corrected chi connectivity index (χ0v) is 17.9. The first kappa shape index (κ1) is 20.7. The van der Waals surface area contributed by atoms with Crippen LogP contribution in [0.4, 0.5) is 26.5 Å². The van der Waals surface area contributed by atoms with Gasteiger partial charge in [-0.05, 0) is 30.3 Å². The molecule has 0 bridgehead atoms. The van der Waals surface area contributed by atoms with Crippen molar-refractivity contribution in [3.8, 4) is 11.1 Å². The molecular formula is C22H22FN7O3. The van der Waals surface area contributed by atoms with Gasteiger partial charge in [-0.25, -0.2) is 19.2 Å². The van der Waals surface area contributed by atoms with Crippen molar-refractivity contribution < 1.29 is 18.4 Å². The number of benzene rings is 1. The van der Waals surface area contributed by atoms with Crippen molar-refractivity contribution in [3.63, 3.8) is 0 Å². The maximum absolute atomic E-state index is 15.0. The number of rotatable bonds is 6. The summed E-state index contributed by atoms with van der Waals surface area (Å²) in [6.07, 6.45) is 3.90. The van der Waals surface area contributed by atoms with E-state index in [9.17, 15) is 9.18 Å². The zero-order valence-electron chi connectivity index (χ0n) is 17.9. The number of amides is 1. The van der Waals surface area contributed by atoms with Gasteiger partial charge in [0.25, 0.3) is 0 Å². The number of likely N-dealkylation sites (N-methyl/N-ethyl adjacent to an activating group) is 1. The molecule has 2 aromatic heterocycles. The molecule has 0 radical (unpaired) electrons. The topological polar surface area (TPSA) is 99.3 Å². The zero-order chi connectivity index (χ0) is 22.8. The van der Waals surface area contributed by atoms with Crippen molar-refractivity contribution in [1.82, 2.24) is 15.0 Å². The minimum Gasteiger partial charge on any atom is -0.442 e. The van der Waals surface area contributed by atoms with Gasteiger partial charge >= 0.3 is 6.09 Å². The summed E-state index contributed by atoms with van der Waals surface area (Å²) in [7, 11) is 1.96. The van der Waals surface area contributed by atoms with Crippen LogP contribution in [0.15, 0.2) is 58.5 Å². The van der Waals surface area contributed by atoms with Gasteiger partial charge in [0.2, 0.25) is 0 Å². The number of carbonyl (C=O) groups excluding carboxylic acids is 1. The SMILES string of the molecule is CN1C=NN(c2ccc(-c3ccc(N4C[C@H](CNc5ccon5)OC4=O)cc3F)cn2)CC1. The Morgan fingerprint density at radius 3 is 2.82 bits per heavy atom. The Morgan fingerprint density at radius 2 is 2.12 bits per heavy atom. The van der Waals surface area contributed by atoms with Crippen molar-refractivity contribution in [3.05, 3.63) is 54.7 Å². The average molecular weight is 451 g/mol. The van der Waals surface area contributed by atoms with E-state index in [1.54, 1.807) is 35.7 Å². The predicted octanol–water partition coefficient (Wildman–Crippen LogP) is 3.01. The van der Waals surface area contributed by atoms with Gasteiger partial charge in [-0.3, -0.25) is 4.90 Å². The normalized spacial score (nSPS) is 18.1. The number of pyridine rings is 1. The lowest BCUT2D eigenvalue weighted by atomic mass is 10.1. The van der Waals surface area contributed by atoms with Crippen molar-refractivity contribution in [2.75, 3.05) is 48.5 Å². The smallest absolute Gasteiger partial charge is 0.414 e. The Balaban J connectivity index is 1.26. The summed E-state index contributed by atoms with van der Waals surface area (Å²) in [6, 6.07) is 9.97. The minimum absolute atomic E-state index is 0.296. The Kier molecular flexibility index (Phi) is 5.51. The molecule has 170 valence electrons. The lowest BCUT2D eigenvalue weighted by molar-refractivity contribution is 0.147. The van der Waals surface area contributed by atoms with E-state index in [1.807, 2.05) is 24.1 Å². The van der Waals surface area contributed by atoms with E-state index < -0.39 is 18.0 Å². The Morgan fingerprint density at radius 1 is 1.21 bits per heavy atom. The van der Waals surface area contributed by atoms with Crippen molar-refractivity contribution in [2.45, 2.75) is 6.10 Å². The molecule has 1 amide bonds. The summed E-state index contributed by atoms with van der Waals surface area (Å²) >= 11 is 0. The third kappa shape index (κ3) is 4.43. The molecule has 3 aromatic rings. The lowest BCUT2D eigenvalue weighted by Gasteiger charge is -2.26. The van der Waals surface area contributed by atoms with Crippen molar-refractivity contribution in [1.29, 1.82) is 0 Å². The molecule has 33 heavy (non-hydrogen) atoms. The van der Waals surface area contributed by atoms with Gasteiger partial charge in [-0.2, -0.15) is 5.10 Å². The number of ether oxygens (including phenoxy) is 1. The third-order valence-corrected chi connectivity index (χ3v) is 5.46. The van der Waals surface area contributed by atoms with Gasteiger partial charge in [0, 0.05) is 37.0 Å². The molecule has 11 heteroatoms. The number of cyclic esters (lactones) is 1. The maximum Gasteiger partial charge on any atom is 0.414 e. The summed E-state index contributed by atoms with van der Waals surface area (Å²) in [6.45, 7) is 2.23. The van der Waals surface area contributed by atoms with Crippen LogP contribution in [0, 0.1) is 5.82 Å². The van der Waals surface area contributed by atoms with E-state index in [0.29, 0.717) is 41.5 Å². The van der Waals surface area contributed by atoms with Gasteiger partial charge in [-0.1, -0.05) is 5.16 Å². The monoisotopic (exact) mass is 451 g/mol. The molecule has 2 aliphatic rings. The number of aromatic nitrogens is 2. The second-order valence-electron chi connectivity index (χ2n) is 7.79. The summed E-state index contributed by atoms with van der Waals surface area (Å²) in [5.41, 5.74) is 1.47. The minimum atomic E-state index is -0.521. The number of nitrogens with zero attached hydrogens (tertiary/aromatic N) is 6. The number of halogens is 1. The maximum atomic E-state index is 15.0. The number of hydrazone groups is 1. The molecule has 1 aromatic carbocycles. The van der Waals surface area contributed by atoms with Gasteiger partial charge < -0.3 is 19.5 Å². The fourth-order valence-corrected chi connectivity index (χ4v) is 3.66. The quantitative estimate of drug-likeness (QED) is 0.611. The fraction of sp³-hybridized carbons (Fsp3) is 0.273. The highest BCUT2D eigenvalue weighted by Crippen LogP contribution is 2.29. The van der Waals surface area contributed by atoms with E-state index >= 15 is 0 Å². The fourth-order valence-electron chi connectivity index (χ4n) is 3.66. The van der Waals surface area contributed by atoms with Crippen LogP contribution in [0.2, 0.25) is 0 Å². The van der Waals surface area contributed by atoms with Crippen LogP contribution in [0.3, 0.4) is 0 Å².